The van der Waals surface area contributed by atoms with Crippen molar-refractivity contribution >= 4 is 11.6 Å². The zero-order valence-corrected chi connectivity index (χ0v) is 9.74. The topological polar surface area (TPSA) is 42.0 Å². The average molecular weight is 208 g/mol. The van der Waals surface area contributed by atoms with Gasteiger partial charge in [0.25, 0.3) is 0 Å². The van der Waals surface area contributed by atoms with E-state index in [1.54, 1.807) is 6.20 Å². The lowest BCUT2D eigenvalue weighted by Gasteiger charge is -2.16. The number of carbonyl (C=O) groups is 1. The largest absolute Gasteiger partial charge is 0.325 e. The Morgan fingerprint density at radius 3 is 2.60 bits per heavy atom. The van der Waals surface area contributed by atoms with Crippen LogP contribution in [-0.2, 0) is 4.79 Å². The number of pyridine rings is 1. The first-order chi connectivity index (χ1) is 7.00. The quantitative estimate of drug-likeness (QED) is 0.829. The van der Waals surface area contributed by atoms with Crippen molar-refractivity contribution in [2.75, 3.05) is 5.32 Å². The van der Waals surface area contributed by atoms with Crippen LogP contribution in [0.25, 0.3) is 0 Å². The smallest absolute Gasteiger partial charge is 0.221 e. The highest BCUT2D eigenvalue weighted by molar-refractivity contribution is 5.88. The summed E-state index contributed by atoms with van der Waals surface area (Å²) in [5.41, 5.74) is 1.93. The van der Waals surface area contributed by atoms with Crippen molar-refractivity contribution in [3.05, 3.63) is 24.0 Å². The van der Waals surface area contributed by atoms with E-state index < -0.39 is 0 Å². The molecule has 3 nitrogen and oxygen atoms in total. The third kappa shape index (κ3) is 3.35. The van der Waals surface area contributed by atoms with Gasteiger partial charge in [-0.1, -0.05) is 20.8 Å². The van der Waals surface area contributed by atoms with E-state index in [0.29, 0.717) is 11.8 Å². The van der Waals surface area contributed by atoms with Gasteiger partial charge in [0, 0.05) is 14.5 Å². The van der Waals surface area contributed by atoms with E-state index in [1.807, 2.05) is 12.3 Å². The summed E-state index contributed by atoms with van der Waals surface area (Å²) >= 11 is 0. The van der Waals surface area contributed by atoms with Crippen LogP contribution in [0.3, 0.4) is 0 Å². The van der Waals surface area contributed by atoms with Crippen LogP contribution < -0.4 is 5.32 Å². The molecule has 0 aliphatic heterocycles. The van der Waals surface area contributed by atoms with Gasteiger partial charge in [0.15, 0.2) is 0 Å². The summed E-state index contributed by atoms with van der Waals surface area (Å²) in [5.74, 6) is 0.955. The molecule has 1 atom stereocenters. The Balaban J connectivity index is 0.00000225. The summed E-state index contributed by atoms with van der Waals surface area (Å²) < 4.78 is 0. The van der Waals surface area contributed by atoms with Crippen molar-refractivity contribution < 1.29 is 6.22 Å². The van der Waals surface area contributed by atoms with E-state index in [1.165, 1.54) is 6.92 Å². The first kappa shape index (κ1) is 11.7. The predicted octanol–water partition coefficient (Wildman–Crippen LogP) is 3.05. The molecule has 0 saturated carbocycles. The summed E-state index contributed by atoms with van der Waals surface area (Å²) in [6.45, 7) is 8.02. The number of anilines is 1. The summed E-state index contributed by atoms with van der Waals surface area (Å²) in [7, 11) is 0. The minimum absolute atomic E-state index is 0. The maximum atomic E-state index is 10.9. The van der Waals surface area contributed by atoms with Crippen molar-refractivity contribution in [3.63, 3.8) is 0 Å². The van der Waals surface area contributed by atoms with Gasteiger partial charge in [-0.05, 0) is 23.5 Å². The molecule has 1 unspecified atom stereocenters. The molecule has 0 aliphatic rings. The molecule has 0 saturated heterocycles. The van der Waals surface area contributed by atoms with Crippen LogP contribution in [0.15, 0.2) is 18.5 Å². The van der Waals surface area contributed by atoms with Crippen molar-refractivity contribution in [2.24, 2.45) is 5.92 Å². The van der Waals surface area contributed by atoms with E-state index in [9.17, 15) is 4.79 Å². The molecular weight excluding hydrogens is 188 g/mol. The Hall–Kier alpha value is -1.38. The zero-order valence-electron chi connectivity index (χ0n) is 9.74. The van der Waals surface area contributed by atoms with Crippen LogP contribution in [0.2, 0.25) is 0 Å². The lowest BCUT2D eigenvalue weighted by Crippen LogP contribution is -2.08. The molecule has 1 rings (SSSR count). The fourth-order valence-corrected chi connectivity index (χ4v) is 1.36. The molecule has 84 valence electrons. The number of nitrogens with zero attached hydrogens (tertiary/aromatic N) is 1. The standard InChI is InChI=1S/C12H18N2O.H2/c1-8(2)9(3)11-5-12(7-13-6-11)14-10(4)15;/h5-9H,1-4H3,(H,14,15);1H. The molecule has 0 spiro atoms. The summed E-state index contributed by atoms with van der Waals surface area (Å²) in [4.78, 5) is 15.0. The molecule has 1 aromatic rings. The van der Waals surface area contributed by atoms with Gasteiger partial charge in [-0.15, -0.1) is 0 Å². The van der Waals surface area contributed by atoms with Crippen molar-refractivity contribution in [1.82, 2.24) is 4.98 Å². The van der Waals surface area contributed by atoms with Gasteiger partial charge >= 0.3 is 0 Å². The third-order valence-corrected chi connectivity index (χ3v) is 2.61. The molecule has 0 radical (unpaired) electrons. The Labute approximate surface area is 92.4 Å². The Kier molecular flexibility index (Phi) is 3.83. The highest BCUT2D eigenvalue weighted by Gasteiger charge is 2.10. The molecule has 1 amide bonds. The number of nitrogens with one attached hydrogen (secondary N) is 1. The Morgan fingerprint density at radius 1 is 1.40 bits per heavy atom. The predicted molar refractivity (Wildman–Crippen MR) is 63.9 cm³/mol. The maximum Gasteiger partial charge on any atom is 0.221 e. The molecule has 15 heavy (non-hydrogen) atoms. The molecular formula is C12H20N2O. The molecule has 0 bridgehead atoms. The molecule has 0 fully saturated rings. The van der Waals surface area contributed by atoms with Crippen molar-refractivity contribution in [3.8, 4) is 0 Å². The first-order valence-electron chi connectivity index (χ1n) is 5.23. The molecule has 1 heterocycles. The van der Waals surface area contributed by atoms with Gasteiger partial charge in [-0.25, -0.2) is 0 Å². The normalized spacial score (nSPS) is 12.6. The molecule has 1 N–H and O–H groups in total. The SMILES string of the molecule is CC(=O)Nc1cncc(C(C)C(C)C)c1.[HH]. The second-order valence-corrected chi connectivity index (χ2v) is 4.22. The highest BCUT2D eigenvalue weighted by Crippen LogP contribution is 2.24. The lowest BCUT2D eigenvalue weighted by molar-refractivity contribution is -0.114. The van der Waals surface area contributed by atoms with Gasteiger partial charge in [-0.2, -0.15) is 0 Å². The Morgan fingerprint density at radius 2 is 2.07 bits per heavy atom. The van der Waals surface area contributed by atoms with Crippen LogP contribution in [0.5, 0.6) is 0 Å². The minimum atomic E-state index is -0.0637. The fraction of sp³-hybridized carbons (Fsp3) is 0.500. The van der Waals surface area contributed by atoms with Crippen molar-refractivity contribution in [1.29, 1.82) is 0 Å². The van der Waals surface area contributed by atoms with Gasteiger partial charge < -0.3 is 5.32 Å². The highest BCUT2D eigenvalue weighted by atomic mass is 16.1. The van der Waals surface area contributed by atoms with Crippen LogP contribution >= 0.6 is 0 Å². The summed E-state index contributed by atoms with van der Waals surface area (Å²) in [6.07, 6.45) is 3.52. The number of aromatic nitrogens is 1. The summed E-state index contributed by atoms with van der Waals surface area (Å²) in [5, 5.41) is 2.74. The molecule has 0 aromatic carbocycles. The third-order valence-electron chi connectivity index (χ3n) is 2.61. The fourth-order valence-electron chi connectivity index (χ4n) is 1.36. The van der Waals surface area contributed by atoms with Gasteiger partial charge in [0.05, 0.1) is 11.9 Å². The van der Waals surface area contributed by atoms with E-state index in [-0.39, 0.29) is 7.33 Å². The minimum Gasteiger partial charge on any atom is -0.325 e. The first-order valence-corrected chi connectivity index (χ1v) is 5.23. The van der Waals surface area contributed by atoms with Gasteiger partial charge in [-0.3, -0.25) is 9.78 Å². The average Bonchev–Trinajstić information content (AvgIpc) is 2.16. The van der Waals surface area contributed by atoms with Gasteiger partial charge in [0.1, 0.15) is 0 Å². The van der Waals surface area contributed by atoms with Crippen LogP contribution in [0.1, 0.15) is 40.6 Å². The maximum absolute atomic E-state index is 10.9. The molecule has 0 aliphatic carbocycles. The Bertz CT molecular complexity index is 353. The monoisotopic (exact) mass is 208 g/mol. The number of hydrogen-bond acceptors (Lipinski definition) is 2. The van der Waals surface area contributed by atoms with Crippen molar-refractivity contribution in [2.45, 2.75) is 33.6 Å². The van der Waals surface area contributed by atoms with E-state index in [0.717, 1.165) is 11.3 Å². The second kappa shape index (κ2) is 4.91. The van der Waals surface area contributed by atoms with E-state index in [2.05, 4.69) is 31.1 Å². The zero-order chi connectivity index (χ0) is 11.4. The van der Waals surface area contributed by atoms with Crippen LogP contribution in [0.4, 0.5) is 5.69 Å². The number of hydrogen-bond donors (Lipinski definition) is 1. The number of carbonyl (C=O) groups excluding carboxylic acids is 1. The number of amides is 1. The number of rotatable bonds is 3. The molecule has 1 aromatic heterocycles. The van der Waals surface area contributed by atoms with Gasteiger partial charge in [0.2, 0.25) is 5.91 Å². The van der Waals surface area contributed by atoms with E-state index in [4.69, 9.17) is 0 Å². The van der Waals surface area contributed by atoms with Crippen LogP contribution in [-0.4, -0.2) is 10.9 Å². The molecule has 3 heteroatoms. The second-order valence-electron chi connectivity index (χ2n) is 4.22. The van der Waals surface area contributed by atoms with Crippen LogP contribution in [0, 0.1) is 5.92 Å². The van der Waals surface area contributed by atoms with E-state index >= 15 is 0 Å². The lowest BCUT2D eigenvalue weighted by atomic mass is 9.91. The summed E-state index contributed by atoms with van der Waals surface area (Å²) in [6, 6.07) is 1.99.